The fourth-order valence-corrected chi connectivity index (χ4v) is 2.21. The van der Waals surface area contributed by atoms with Gasteiger partial charge in [-0.1, -0.05) is 11.8 Å². The second kappa shape index (κ2) is 6.51. The minimum atomic E-state index is -0.436. The van der Waals surface area contributed by atoms with Gasteiger partial charge >= 0.3 is 0 Å². The molecule has 1 N–H and O–H groups in total. The van der Waals surface area contributed by atoms with Crippen molar-refractivity contribution in [2.75, 3.05) is 36.6 Å². The van der Waals surface area contributed by atoms with Crippen molar-refractivity contribution in [2.45, 2.75) is 5.16 Å². The molecule has 0 unspecified atom stereocenters. The number of hydrogen-bond acceptors (Lipinski definition) is 7. The van der Waals surface area contributed by atoms with E-state index in [4.69, 9.17) is 0 Å². The zero-order valence-corrected chi connectivity index (χ0v) is 12.4. The summed E-state index contributed by atoms with van der Waals surface area (Å²) < 4.78 is 15.3. The summed E-state index contributed by atoms with van der Waals surface area (Å²) >= 11 is 1.57. The van der Waals surface area contributed by atoms with Gasteiger partial charge in [0.05, 0.1) is 6.20 Å². The minimum Gasteiger partial charge on any atom is -0.360 e. The second-order valence-electron chi connectivity index (χ2n) is 4.26. The summed E-state index contributed by atoms with van der Waals surface area (Å²) in [7, 11) is 5.36. The molecule has 2 aromatic rings. The average molecular weight is 297 g/mol. The number of aromatic nitrogens is 5. The first kappa shape index (κ1) is 14.5. The molecule has 0 amide bonds. The van der Waals surface area contributed by atoms with Crippen LogP contribution in [-0.4, -0.2) is 51.1 Å². The van der Waals surface area contributed by atoms with Gasteiger partial charge in [-0.2, -0.15) is 4.98 Å². The van der Waals surface area contributed by atoms with Crippen LogP contribution in [0.25, 0.3) is 0 Å². The van der Waals surface area contributed by atoms with E-state index < -0.39 is 5.82 Å². The zero-order valence-electron chi connectivity index (χ0n) is 11.5. The number of nitrogens with one attached hydrogen (secondary N) is 1. The molecule has 0 atom stereocenters. The third-order valence-electron chi connectivity index (χ3n) is 2.44. The molecule has 9 heteroatoms. The van der Waals surface area contributed by atoms with Crippen molar-refractivity contribution in [3.63, 3.8) is 0 Å². The molecule has 0 spiro atoms. The fourth-order valence-electron chi connectivity index (χ4n) is 1.47. The average Bonchev–Trinajstić information content (AvgIpc) is 2.82. The van der Waals surface area contributed by atoms with Crippen LogP contribution in [0.3, 0.4) is 0 Å². The van der Waals surface area contributed by atoms with E-state index in [0.29, 0.717) is 12.5 Å². The molecule has 20 heavy (non-hydrogen) atoms. The maximum Gasteiger partial charge on any atom is 0.224 e. The Hall–Kier alpha value is -1.90. The van der Waals surface area contributed by atoms with Gasteiger partial charge < -0.3 is 14.8 Å². The first-order valence-corrected chi connectivity index (χ1v) is 6.97. The molecular formula is C11H16FN7S. The van der Waals surface area contributed by atoms with Crippen LogP contribution in [0, 0.1) is 5.82 Å². The summed E-state index contributed by atoms with van der Waals surface area (Å²) in [5, 5.41) is 11.7. The van der Waals surface area contributed by atoms with Crippen molar-refractivity contribution in [1.29, 1.82) is 0 Å². The van der Waals surface area contributed by atoms with Crippen molar-refractivity contribution in [1.82, 2.24) is 24.7 Å². The van der Waals surface area contributed by atoms with Gasteiger partial charge in [0.1, 0.15) is 6.33 Å². The number of rotatable bonds is 6. The van der Waals surface area contributed by atoms with Crippen LogP contribution in [0.1, 0.15) is 0 Å². The topological polar surface area (TPSA) is 71.8 Å². The monoisotopic (exact) mass is 297 g/mol. The molecule has 108 valence electrons. The van der Waals surface area contributed by atoms with Crippen LogP contribution in [0.2, 0.25) is 0 Å². The van der Waals surface area contributed by atoms with Gasteiger partial charge in [0.25, 0.3) is 0 Å². The van der Waals surface area contributed by atoms with E-state index in [-0.39, 0.29) is 5.82 Å². The van der Waals surface area contributed by atoms with Gasteiger partial charge in [-0.3, -0.25) is 0 Å². The highest BCUT2D eigenvalue weighted by atomic mass is 32.2. The van der Waals surface area contributed by atoms with E-state index >= 15 is 0 Å². The summed E-state index contributed by atoms with van der Waals surface area (Å²) in [5.74, 6) is 1.02. The third kappa shape index (κ3) is 3.56. The van der Waals surface area contributed by atoms with Gasteiger partial charge in [0.15, 0.2) is 16.8 Å². The summed E-state index contributed by atoms with van der Waals surface area (Å²) in [6.07, 6.45) is 2.82. The van der Waals surface area contributed by atoms with Gasteiger partial charge in [-0.15, -0.1) is 10.2 Å². The number of anilines is 2. The number of nitrogens with zero attached hydrogens (tertiary/aromatic N) is 6. The van der Waals surface area contributed by atoms with Crippen LogP contribution >= 0.6 is 11.8 Å². The number of halogens is 1. The predicted octanol–water partition coefficient (Wildman–Crippen LogP) is 1.01. The smallest absolute Gasteiger partial charge is 0.224 e. The van der Waals surface area contributed by atoms with Crippen molar-refractivity contribution in [2.24, 2.45) is 7.05 Å². The van der Waals surface area contributed by atoms with Crippen LogP contribution in [0.15, 0.2) is 17.7 Å². The molecule has 0 saturated heterocycles. The molecule has 0 aliphatic heterocycles. The molecular weight excluding hydrogens is 281 g/mol. The Morgan fingerprint density at radius 2 is 2.25 bits per heavy atom. The summed E-state index contributed by atoms with van der Waals surface area (Å²) in [5.41, 5.74) is 0. The fraction of sp³-hybridized carbons (Fsp3) is 0.455. The van der Waals surface area contributed by atoms with Crippen molar-refractivity contribution >= 4 is 23.5 Å². The normalized spacial score (nSPS) is 10.6. The number of hydrogen-bond donors (Lipinski definition) is 1. The van der Waals surface area contributed by atoms with E-state index in [1.807, 2.05) is 11.6 Å². The quantitative estimate of drug-likeness (QED) is 0.630. The first-order chi connectivity index (χ1) is 9.58. The van der Waals surface area contributed by atoms with E-state index in [1.54, 1.807) is 37.1 Å². The lowest BCUT2D eigenvalue weighted by atomic mass is 10.5. The summed E-state index contributed by atoms with van der Waals surface area (Å²) in [6.45, 7) is 0.649. The Kier molecular flexibility index (Phi) is 4.72. The second-order valence-corrected chi connectivity index (χ2v) is 5.32. The SMILES string of the molecule is CN(C)c1nc(NCCSc2nncn2C)ncc1F. The summed E-state index contributed by atoms with van der Waals surface area (Å²) in [4.78, 5) is 9.62. The van der Waals surface area contributed by atoms with E-state index in [0.717, 1.165) is 10.9 Å². The minimum absolute atomic E-state index is 0.267. The van der Waals surface area contributed by atoms with Gasteiger partial charge in [-0.25, -0.2) is 9.37 Å². The molecule has 0 fully saturated rings. The molecule has 0 aliphatic rings. The Bertz CT molecular complexity index is 572. The van der Waals surface area contributed by atoms with Crippen LogP contribution < -0.4 is 10.2 Å². The Morgan fingerprint density at radius 1 is 1.45 bits per heavy atom. The van der Waals surface area contributed by atoms with E-state index in [2.05, 4.69) is 25.5 Å². The van der Waals surface area contributed by atoms with E-state index in [1.165, 1.54) is 6.20 Å². The molecule has 2 rings (SSSR count). The molecule has 2 heterocycles. The van der Waals surface area contributed by atoms with Gasteiger partial charge in [-0.05, 0) is 0 Å². The molecule has 0 saturated carbocycles. The largest absolute Gasteiger partial charge is 0.360 e. The van der Waals surface area contributed by atoms with Crippen LogP contribution in [0.4, 0.5) is 16.2 Å². The Morgan fingerprint density at radius 3 is 2.90 bits per heavy atom. The van der Waals surface area contributed by atoms with E-state index in [9.17, 15) is 4.39 Å². The molecule has 0 radical (unpaired) electrons. The van der Waals surface area contributed by atoms with Gasteiger partial charge in [0, 0.05) is 33.4 Å². The molecule has 0 aliphatic carbocycles. The third-order valence-corrected chi connectivity index (χ3v) is 3.47. The number of thioether (sulfide) groups is 1. The summed E-state index contributed by atoms with van der Waals surface area (Å²) in [6, 6.07) is 0. The highest BCUT2D eigenvalue weighted by molar-refractivity contribution is 7.99. The van der Waals surface area contributed by atoms with Crippen molar-refractivity contribution in [3.05, 3.63) is 18.3 Å². The predicted molar refractivity (Wildman–Crippen MR) is 76.5 cm³/mol. The van der Waals surface area contributed by atoms with Crippen LogP contribution in [0.5, 0.6) is 0 Å². The molecule has 0 aromatic carbocycles. The molecule has 0 bridgehead atoms. The highest BCUT2D eigenvalue weighted by Gasteiger charge is 2.08. The highest BCUT2D eigenvalue weighted by Crippen LogP contribution is 2.15. The maximum atomic E-state index is 13.4. The van der Waals surface area contributed by atoms with Crippen LogP contribution in [-0.2, 0) is 7.05 Å². The van der Waals surface area contributed by atoms with Gasteiger partial charge in [0.2, 0.25) is 5.95 Å². The lowest BCUT2D eigenvalue weighted by Crippen LogP contribution is -2.15. The molecule has 2 aromatic heterocycles. The Balaban J connectivity index is 1.85. The lowest BCUT2D eigenvalue weighted by molar-refractivity contribution is 0.612. The van der Waals surface area contributed by atoms with Crippen molar-refractivity contribution < 1.29 is 4.39 Å². The Labute approximate surface area is 120 Å². The standard InChI is InChI=1S/C11H16FN7S/c1-18(2)9-8(12)6-14-10(16-9)13-4-5-20-11-17-15-7-19(11)3/h6-7H,4-5H2,1-3H3,(H,13,14,16). The molecule has 7 nitrogen and oxygen atoms in total. The zero-order chi connectivity index (χ0) is 14.5. The first-order valence-electron chi connectivity index (χ1n) is 5.98. The number of aryl methyl sites for hydroxylation is 1. The lowest BCUT2D eigenvalue weighted by Gasteiger charge is -2.13. The maximum absolute atomic E-state index is 13.4. The van der Waals surface area contributed by atoms with Crippen molar-refractivity contribution in [3.8, 4) is 0 Å².